The lowest BCUT2D eigenvalue weighted by Gasteiger charge is -2.34. The van der Waals surface area contributed by atoms with Crippen molar-refractivity contribution in [3.05, 3.63) is 47.6 Å². The molecule has 0 unspecified atom stereocenters. The molecule has 2 aromatic rings. The number of aromatic nitrogens is 2. The van der Waals surface area contributed by atoms with Gasteiger partial charge < -0.3 is 14.9 Å². The monoisotopic (exact) mass is 273 g/mol. The van der Waals surface area contributed by atoms with E-state index in [0.29, 0.717) is 18.1 Å². The van der Waals surface area contributed by atoms with Crippen molar-refractivity contribution >= 4 is 0 Å². The predicted molar refractivity (Wildman–Crippen MR) is 74.4 cm³/mol. The van der Waals surface area contributed by atoms with Gasteiger partial charge in [0.1, 0.15) is 0 Å². The van der Waals surface area contributed by atoms with E-state index in [2.05, 4.69) is 27.6 Å². The van der Waals surface area contributed by atoms with Crippen LogP contribution in [0.4, 0.5) is 0 Å². The molecule has 5 nitrogen and oxygen atoms in total. The van der Waals surface area contributed by atoms with Crippen molar-refractivity contribution in [2.75, 3.05) is 19.7 Å². The smallest absolute Gasteiger partial charge is 0.237 e. The molecule has 1 aliphatic rings. The largest absolute Gasteiger partial charge is 0.396 e. The Hall–Kier alpha value is -1.72. The van der Waals surface area contributed by atoms with Gasteiger partial charge in [0, 0.05) is 6.42 Å². The Kier molecular flexibility index (Phi) is 3.80. The van der Waals surface area contributed by atoms with E-state index >= 15 is 0 Å². The zero-order chi connectivity index (χ0) is 13.8. The molecule has 20 heavy (non-hydrogen) atoms. The van der Waals surface area contributed by atoms with E-state index in [1.165, 1.54) is 5.56 Å². The second kappa shape index (κ2) is 5.73. The van der Waals surface area contributed by atoms with Gasteiger partial charge in [-0.05, 0) is 31.5 Å². The zero-order valence-electron chi connectivity index (χ0n) is 11.4. The zero-order valence-corrected chi connectivity index (χ0v) is 11.4. The maximum absolute atomic E-state index is 8.99. The summed E-state index contributed by atoms with van der Waals surface area (Å²) in [6.45, 7) is 1.91. The van der Waals surface area contributed by atoms with E-state index < -0.39 is 0 Å². The van der Waals surface area contributed by atoms with Crippen molar-refractivity contribution in [2.24, 2.45) is 0 Å². The summed E-state index contributed by atoms with van der Waals surface area (Å²) in [4.78, 5) is 4.51. The highest BCUT2D eigenvalue weighted by atomic mass is 16.5. The van der Waals surface area contributed by atoms with Crippen molar-refractivity contribution in [3.63, 3.8) is 0 Å². The number of hydrogen-bond acceptors (Lipinski definition) is 5. The molecule has 3 rings (SSSR count). The van der Waals surface area contributed by atoms with Crippen LogP contribution in [0.25, 0.3) is 0 Å². The topological polar surface area (TPSA) is 71.2 Å². The summed E-state index contributed by atoms with van der Waals surface area (Å²) in [6.07, 6.45) is 2.32. The molecule has 106 valence electrons. The van der Waals surface area contributed by atoms with E-state index in [-0.39, 0.29) is 12.0 Å². The first-order chi connectivity index (χ1) is 9.85. The number of rotatable bonds is 4. The van der Waals surface area contributed by atoms with Gasteiger partial charge in [0.25, 0.3) is 0 Å². The van der Waals surface area contributed by atoms with Crippen molar-refractivity contribution in [1.82, 2.24) is 15.5 Å². The van der Waals surface area contributed by atoms with Gasteiger partial charge in [0.15, 0.2) is 5.82 Å². The number of piperidine rings is 1. The minimum absolute atomic E-state index is 0.0405. The van der Waals surface area contributed by atoms with Crippen LogP contribution in [0.3, 0.4) is 0 Å². The van der Waals surface area contributed by atoms with Gasteiger partial charge in [-0.15, -0.1) is 0 Å². The van der Waals surface area contributed by atoms with Gasteiger partial charge >= 0.3 is 0 Å². The van der Waals surface area contributed by atoms with Gasteiger partial charge in [0.05, 0.1) is 12.0 Å². The van der Waals surface area contributed by atoms with Crippen molar-refractivity contribution in [2.45, 2.75) is 24.7 Å². The van der Waals surface area contributed by atoms with Gasteiger partial charge in [-0.25, -0.2) is 0 Å². The summed E-state index contributed by atoms with van der Waals surface area (Å²) < 4.78 is 5.51. The predicted octanol–water partition coefficient (Wildman–Crippen LogP) is 1.27. The summed E-state index contributed by atoms with van der Waals surface area (Å²) in [6, 6.07) is 10.4. The van der Waals surface area contributed by atoms with Crippen LogP contribution < -0.4 is 5.32 Å². The van der Waals surface area contributed by atoms with Crippen LogP contribution in [0.15, 0.2) is 34.9 Å². The lowest BCUT2D eigenvalue weighted by Crippen LogP contribution is -2.41. The molecule has 0 atom stereocenters. The summed E-state index contributed by atoms with van der Waals surface area (Å²) in [7, 11) is 0. The van der Waals surface area contributed by atoms with Crippen LogP contribution >= 0.6 is 0 Å². The molecular weight excluding hydrogens is 254 g/mol. The fourth-order valence-electron chi connectivity index (χ4n) is 2.89. The minimum atomic E-state index is -0.201. The van der Waals surface area contributed by atoms with Crippen LogP contribution in [0, 0.1) is 0 Å². The Labute approximate surface area is 118 Å². The van der Waals surface area contributed by atoms with Crippen molar-refractivity contribution < 1.29 is 9.63 Å². The molecular formula is C15H19N3O2. The molecule has 1 aliphatic heterocycles. The van der Waals surface area contributed by atoms with E-state index in [0.717, 1.165) is 25.9 Å². The van der Waals surface area contributed by atoms with Gasteiger partial charge in [-0.1, -0.05) is 35.5 Å². The molecule has 0 spiro atoms. The number of hydrogen-bond donors (Lipinski definition) is 2. The molecule has 1 saturated heterocycles. The Bertz CT molecular complexity index is 547. The van der Waals surface area contributed by atoms with E-state index in [1.54, 1.807) is 0 Å². The molecule has 1 fully saturated rings. The summed E-state index contributed by atoms with van der Waals surface area (Å²) in [5.41, 5.74) is 1.02. The molecule has 0 saturated carbocycles. The highest BCUT2D eigenvalue weighted by molar-refractivity contribution is 5.32. The Morgan fingerprint density at radius 2 is 1.95 bits per heavy atom. The maximum Gasteiger partial charge on any atom is 0.237 e. The Balaban J connectivity index is 2.00. The first kappa shape index (κ1) is 13.3. The fraction of sp³-hybridized carbons (Fsp3) is 0.467. The summed E-state index contributed by atoms with van der Waals surface area (Å²) in [5.74, 6) is 1.25. The standard InChI is InChI=1S/C15H19N3O2/c19-11-6-13-17-14(20-18-13)15(7-9-16-10-8-15)12-4-2-1-3-5-12/h1-5,16,19H,6-11H2. The highest BCUT2D eigenvalue weighted by Gasteiger charge is 2.40. The van der Waals surface area contributed by atoms with Gasteiger partial charge in [0.2, 0.25) is 5.89 Å². The molecule has 0 amide bonds. The third-order valence-electron chi connectivity index (χ3n) is 4.00. The van der Waals surface area contributed by atoms with Crippen LogP contribution in [0.2, 0.25) is 0 Å². The molecule has 0 radical (unpaired) electrons. The van der Waals surface area contributed by atoms with Gasteiger partial charge in [-0.2, -0.15) is 4.98 Å². The second-order valence-corrected chi connectivity index (χ2v) is 5.19. The first-order valence-corrected chi connectivity index (χ1v) is 7.05. The van der Waals surface area contributed by atoms with Crippen LogP contribution in [0.5, 0.6) is 0 Å². The SMILES string of the molecule is OCCc1noc(C2(c3ccccc3)CCNCC2)n1. The molecule has 0 bridgehead atoms. The lowest BCUT2D eigenvalue weighted by molar-refractivity contribution is 0.257. The summed E-state index contributed by atoms with van der Waals surface area (Å²) >= 11 is 0. The normalized spacial score (nSPS) is 18.1. The quantitative estimate of drug-likeness (QED) is 0.878. The van der Waals surface area contributed by atoms with Crippen molar-refractivity contribution in [1.29, 1.82) is 0 Å². The van der Waals surface area contributed by atoms with Crippen LogP contribution in [-0.4, -0.2) is 34.9 Å². The minimum Gasteiger partial charge on any atom is -0.396 e. The molecule has 0 aliphatic carbocycles. The molecule has 2 heterocycles. The molecule has 2 N–H and O–H groups in total. The van der Waals surface area contributed by atoms with E-state index in [9.17, 15) is 0 Å². The number of aliphatic hydroxyl groups is 1. The third kappa shape index (κ3) is 2.34. The van der Waals surface area contributed by atoms with Crippen LogP contribution in [-0.2, 0) is 11.8 Å². The van der Waals surface area contributed by atoms with Gasteiger partial charge in [-0.3, -0.25) is 0 Å². The molecule has 1 aromatic heterocycles. The number of aliphatic hydroxyl groups excluding tert-OH is 1. The van der Waals surface area contributed by atoms with E-state index in [1.807, 2.05) is 18.2 Å². The van der Waals surface area contributed by atoms with Crippen LogP contribution in [0.1, 0.15) is 30.1 Å². The van der Waals surface area contributed by atoms with Crippen molar-refractivity contribution in [3.8, 4) is 0 Å². The third-order valence-corrected chi connectivity index (χ3v) is 4.00. The molecule has 1 aromatic carbocycles. The maximum atomic E-state index is 8.99. The highest BCUT2D eigenvalue weighted by Crippen LogP contribution is 2.39. The fourth-order valence-corrected chi connectivity index (χ4v) is 2.89. The number of nitrogens with one attached hydrogen (secondary N) is 1. The first-order valence-electron chi connectivity index (χ1n) is 7.05. The summed E-state index contributed by atoms with van der Waals surface area (Å²) in [5, 5.41) is 16.4. The van der Waals surface area contributed by atoms with E-state index in [4.69, 9.17) is 9.63 Å². The Morgan fingerprint density at radius 3 is 2.65 bits per heavy atom. The Morgan fingerprint density at radius 1 is 1.20 bits per heavy atom. The number of benzene rings is 1. The second-order valence-electron chi connectivity index (χ2n) is 5.19. The average Bonchev–Trinajstić information content (AvgIpc) is 2.98. The molecule has 5 heteroatoms. The number of nitrogens with zero attached hydrogens (tertiary/aromatic N) is 2. The lowest BCUT2D eigenvalue weighted by atomic mass is 9.73. The average molecular weight is 273 g/mol.